The van der Waals surface area contributed by atoms with E-state index in [1.807, 2.05) is 20.9 Å². The molecule has 7 heteroatoms. The monoisotopic (exact) mass is 298 g/mol. The van der Waals surface area contributed by atoms with Crippen molar-refractivity contribution in [1.82, 2.24) is 20.1 Å². The molecule has 0 fully saturated rings. The summed E-state index contributed by atoms with van der Waals surface area (Å²) in [6, 6.07) is 2.36. The molecule has 0 saturated heterocycles. The molecule has 2 heterocycles. The van der Waals surface area contributed by atoms with Crippen LogP contribution in [0.2, 0.25) is 0 Å². The first-order chi connectivity index (χ1) is 9.84. The highest BCUT2D eigenvalue weighted by Gasteiger charge is 2.30. The minimum Gasteiger partial charge on any atom is -0.316 e. The van der Waals surface area contributed by atoms with Gasteiger partial charge in [-0.2, -0.15) is 18.3 Å². The van der Waals surface area contributed by atoms with E-state index in [0.717, 1.165) is 23.5 Å². The molecule has 0 unspecified atom stereocenters. The fourth-order valence-corrected chi connectivity index (χ4v) is 2.20. The minimum atomic E-state index is -4.38. The van der Waals surface area contributed by atoms with Gasteiger partial charge in [-0.25, -0.2) is 9.67 Å². The standard InChI is InChI=1S/C14H17F3N4/c1-9(2)13-10(6-18-3)7-20-21(13)12-5-4-11(8-19-12)14(15,16)17/h4-5,7-9,18H,6H2,1-3H3. The van der Waals surface area contributed by atoms with Crippen LogP contribution in [0.15, 0.2) is 24.5 Å². The van der Waals surface area contributed by atoms with E-state index in [2.05, 4.69) is 15.4 Å². The van der Waals surface area contributed by atoms with Crippen molar-refractivity contribution in [1.29, 1.82) is 0 Å². The van der Waals surface area contributed by atoms with E-state index in [4.69, 9.17) is 0 Å². The molecule has 0 aromatic carbocycles. The van der Waals surface area contributed by atoms with Crippen LogP contribution in [0.1, 0.15) is 36.6 Å². The Balaban J connectivity index is 2.42. The second-order valence-electron chi connectivity index (χ2n) is 5.05. The number of alkyl halides is 3. The number of hydrogen-bond donors (Lipinski definition) is 1. The molecule has 1 N–H and O–H groups in total. The summed E-state index contributed by atoms with van der Waals surface area (Å²) in [6.07, 6.45) is -1.84. The largest absolute Gasteiger partial charge is 0.417 e. The highest BCUT2D eigenvalue weighted by Crippen LogP contribution is 2.29. The van der Waals surface area contributed by atoms with Crippen LogP contribution in [0, 0.1) is 0 Å². The predicted molar refractivity (Wildman–Crippen MR) is 73.2 cm³/mol. The lowest BCUT2D eigenvalue weighted by atomic mass is 10.1. The summed E-state index contributed by atoms with van der Waals surface area (Å²) in [7, 11) is 1.83. The Morgan fingerprint density at radius 2 is 1.95 bits per heavy atom. The van der Waals surface area contributed by atoms with Crippen molar-refractivity contribution >= 4 is 0 Å². The number of nitrogens with zero attached hydrogens (tertiary/aromatic N) is 3. The molecule has 0 saturated carbocycles. The lowest BCUT2D eigenvalue weighted by Crippen LogP contribution is -2.12. The highest BCUT2D eigenvalue weighted by molar-refractivity contribution is 5.32. The van der Waals surface area contributed by atoms with Gasteiger partial charge >= 0.3 is 6.18 Å². The maximum atomic E-state index is 12.6. The van der Waals surface area contributed by atoms with Crippen LogP contribution in [0.25, 0.3) is 5.82 Å². The lowest BCUT2D eigenvalue weighted by Gasteiger charge is -2.13. The minimum absolute atomic E-state index is 0.181. The third-order valence-corrected chi connectivity index (χ3v) is 3.09. The molecular formula is C14H17F3N4. The summed E-state index contributed by atoms with van der Waals surface area (Å²) in [5.41, 5.74) is 1.19. The van der Waals surface area contributed by atoms with Crippen LogP contribution in [0.3, 0.4) is 0 Å². The summed E-state index contributed by atoms with van der Waals surface area (Å²) >= 11 is 0. The zero-order valence-corrected chi connectivity index (χ0v) is 12.1. The second-order valence-corrected chi connectivity index (χ2v) is 5.05. The number of nitrogens with one attached hydrogen (secondary N) is 1. The SMILES string of the molecule is CNCc1cnn(-c2ccc(C(F)(F)F)cn2)c1C(C)C. The van der Waals surface area contributed by atoms with Gasteiger partial charge in [0.1, 0.15) is 0 Å². The summed E-state index contributed by atoms with van der Waals surface area (Å²) < 4.78 is 39.3. The van der Waals surface area contributed by atoms with Gasteiger partial charge in [-0.1, -0.05) is 13.8 Å². The summed E-state index contributed by atoms with van der Waals surface area (Å²) in [6.45, 7) is 4.67. The number of hydrogen-bond acceptors (Lipinski definition) is 3. The number of rotatable bonds is 4. The molecule has 21 heavy (non-hydrogen) atoms. The fourth-order valence-electron chi connectivity index (χ4n) is 2.20. The third kappa shape index (κ3) is 3.24. The van der Waals surface area contributed by atoms with Crippen LogP contribution in [0.4, 0.5) is 13.2 Å². The van der Waals surface area contributed by atoms with E-state index in [1.165, 1.54) is 6.07 Å². The Labute approximate surface area is 121 Å². The van der Waals surface area contributed by atoms with Crippen LogP contribution in [-0.2, 0) is 12.7 Å². The predicted octanol–water partition coefficient (Wildman–Crippen LogP) is 3.13. The maximum absolute atomic E-state index is 12.6. The van der Waals surface area contributed by atoms with E-state index < -0.39 is 11.7 Å². The average molecular weight is 298 g/mol. The average Bonchev–Trinajstić information content (AvgIpc) is 2.82. The van der Waals surface area contributed by atoms with Gasteiger partial charge in [0.2, 0.25) is 0 Å². The molecule has 0 radical (unpaired) electrons. The summed E-state index contributed by atoms with van der Waals surface area (Å²) in [5, 5.41) is 7.30. The molecule has 0 aliphatic heterocycles. The van der Waals surface area contributed by atoms with E-state index in [0.29, 0.717) is 12.4 Å². The Kier molecular flexibility index (Phi) is 4.32. The van der Waals surface area contributed by atoms with Gasteiger partial charge in [0.05, 0.1) is 17.5 Å². The first-order valence-corrected chi connectivity index (χ1v) is 6.59. The van der Waals surface area contributed by atoms with Crippen molar-refractivity contribution in [3.05, 3.63) is 41.3 Å². The number of pyridine rings is 1. The van der Waals surface area contributed by atoms with Gasteiger partial charge in [0.25, 0.3) is 0 Å². The zero-order valence-electron chi connectivity index (χ0n) is 12.1. The molecule has 4 nitrogen and oxygen atoms in total. The van der Waals surface area contributed by atoms with Gasteiger partial charge < -0.3 is 5.32 Å². The molecule has 0 aliphatic rings. The quantitative estimate of drug-likeness (QED) is 0.943. The Morgan fingerprint density at radius 1 is 1.24 bits per heavy atom. The van der Waals surface area contributed by atoms with E-state index in [-0.39, 0.29) is 5.92 Å². The van der Waals surface area contributed by atoms with Gasteiger partial charge in [-0.15, -0.1) is 0 Å². The molecule has 0 amide bonds. The highest BCUT2D eigenvalue weighted by atomic mass is 19.4. The third-order valence-electron chi connectivity index (χ3n) is 3.09. The molecule has 2 aromatic heterocycles. The molecular weight excluding hydrogens is 281 g/mol. The molecule has 0 bridgehead atoms. The van der Waals surface area contributed by atoms with E-state index in [9.17, 15) is 13.2 Å². The Morgan fingerprint density at radius 3 is 2.43 bits per heavy atom. The Bertz CT molecular complexity index is 600. The topological polar surface area (TPSA) is 42.7 Å². The van der Waals surface area contributed by atoms with Crippen LogP contribution in [0.5, 0.6) is 0 Å². The number of halogens is 3. The van der Waals surface area contributed by atoms with Crippen molar-refractivity contribution in [2.24, 2.45) is 0 Å². The zero-order chi connectivity index (χ0) is 15.6. The maximum Gasteiger partial charge on any atom is 0.417 e. The molecule has 0 atom stereocenters. The fraction of sp³-hybridized carbons (Fsp3) is 0.429. The molecule has 2 rings (SSSR count). The second kappa shape index (κ2) is 5.85. The van der Waals surface area contributed by atoms with Gasteiger partial charge in [0, 0.05) is 18.3 Å². The van der Waals surface area contributed by atoms with Crippen molar-refractivity contribution in [2.45, 2.75) is 32.5 Å². The summed E-state index contributed by atoms with van der Waals surface area (Å²) in [4.78, 5) is 3.89. The molecule has 2 aromatic rings. The smallest absolute Gasteiger partial charge is 0.316 e. The first-order valence-electron chi connectivity index (χ1n) is 6.59. The normalized spacial score (nSPS) is 12.1. The van der Waals surface area contributed by atoms with E-state index >= 15 is 0 Å². The first kappa shape index (κ1) is 15.5. The molecule has 0 spiro atoms. The van der Waals surface area contributed by atoms with Gasteiger partial charge in [-0.3, -0.25) is 0 Å². The van der Waals surface area contributed by atoms with Crippen LogP contribution < -0.4 is 5.32 Å². The van der Waals surface area contributed by atoms with Crippen molar-refractivity contribution < 1.29 is 13.2 Å². The van der Waals surface area contributed by atoms with Gasteiger partial charge in [0.15, 0.2) is 5.82 Å². The van der Waals surface area contributed by atoms with E-state index in [1.54, 1.807) is 10.9 Å². The lowest BCUT2D eigenvalue weighted by molar-refractivity contribution is -0.137. The van der Waals surface area contributed by atoms with Gasteiger partial charge in [-0.05, 0) is 25.1 Å². The molecule has 0 aliphatic carbocycles. The van der Waals surface area contributed by atoms with Crippen LogP contribution >= 0.6 is 0 Å². The van der Waals surface area contributed by atoms with Crippen molar-refractivity contribution in [3.63, 3.8) is 0 Å². The Hall–Kier alpha value is -1.89. The van der Waals surface area contributed by atoms with Crippen LogP contribution in [-0.4, -0.2) is 21.8 Å². The number of aromatic nitrogens is 3. The molecule has 114 valence electrons. The summed E-state index contributed by atoms with van der Waals surface area (Å²) in [5.74, 6) is 0.564. The van der Waals surface area contributed by atoms with Crippen molar-refractivity contribution in [3.8, 4) is 5.82 Å². The van der Waals surface area contributed by atoms with Crippen molar-refractivity contribution in [2.75, 3.05) is 7.05 Å².